The molecule has 3 aromatic rings. The maximum atomic E-state index is 12.3. The summed E-state index contributed by atoms with van der Waals surface area (Å²) in [6.45, 7) is 2.59. The first-order valence-electron chi connectivity index (χ1n) is 7.61. The van der Waals surface area contributed by atoms with Gasteiger partial charge in [0.2, 0.25) is 0 Å². The van der Waals surface area contributed by atoms with Gasteiger partial charge in [-0.2, -0.15) is 5.10 Å². The summed E-state index contributed by atoms with van der Waals surface area (Å²) in [4.78, 5) is 16.5. The van der Waals surface area contributed by atoms with Crippen molar-refractivity contribution in [1.82, 2.24) is 20.1 Å². The maximum Gasteiger partial charge on any atom is 0.270 e. The van der Waals surface area contributed by atoms with E-state index in [0.717, 1.165) is 16.7 Å². The van der Waals surface area contributed by atoms with E-state index in [9.17, 15) is 4.79 Å². The lowest BCUT2D eigenvalue weighted by molar-refractivity contribution is 0.0839. The van der Waals surface area contributed by atoms with E-state index in [1.807, 2.05) is 31.2 Å². The van der Waals surface area contributed by atoms with Crippen LogP contribution in [0.3, 0.4) is 0 Å². The Morgan fingerprint density at radius 1 is 1.21 bits per heavy atom. The number of nitrogens with one attached hydrogen (secondary N) is 1. The standard InChI is InChI=1S/C18H15ClN4O/c1-18(11-23-16(5-6-21-23)17(24)22-18)14-4-2-3-12(7-14)13-8-15(19)10-20-9-13/h2-10H,11H2,1H3,(H,22,24). The maximum absolute atomic E-state index is 12.3. The molecule has 0 aliphatic carbocycles. The van der Waals surface area contributed by atoms with Crippen LogP contribution in [0, 0.1) is 0 Å². The van der Waals surface area contributed by atoms with E-state index < -0.39 is 5.54 Å². The van der Waals surface area contributed by atoms with Crippen molar-refractivity contribution in [3.63, 3.8) is 0 Å². The van der Waals surface area contributed by atoms with Crippen LogP contribution in [0.4, 0.5) is 0 Å². The third-order valence-electron chi connectivity index (χ3n) is 4.34. The first-order chi connectivity index (χ1) is 11.5. The minimum absolute atomic E-state index is 0.115. The summed E-state index contributed by atoms with van der Waals surface area (Å²) in [6.07, 6.45) is 5.03. The molecule has 0 bridgehead atoms. The minimum Gasteiger partial charge on any atom is -0.340 e. The number of carbonyl (C=O) groups is 1. The normalized spacial score (nSPS) is 19.7. The molecule has 1 amide bonds. The molecule has 0 radical (unpaired) electrons. The van der Waals surface area contributed by atoms with E-state index in [2.05, 4.69) is 21.5 Å². The first kappa shape index (κ1) is 14.9. The largest absolute Gasteiger partial charge is 0.340 e. The smallest absolute Gasteiger partial charge is 0.270 e. The van der Waals surface area contributed by atoms with Gasteiger partial charge in [0, 0.05) is 24.2 Å². The van der Waals surface area contributed by atoms with Gasteiger partial charge < -0.3 is 5.32 Å². The summed E-state index contributed by atoms with van der Waals surface area (Å²) >= 11 is 6.04. The van der Waals surface area contributed by atoms with Crippen molar-refractivity contribution in [3.8, 4) is 11.1 Å². The summed E-state index contributed by atoms with van der Waals surface area (Å²) in [5.41, 5.74) is 3.01. The average molecular weight is 339 g/mol. The van der Waals surface area contributed by atoms with Crippen LogP contribution in [0.1, 0.15) is 23.0 Å². The zero-order chi connectivity index (χ0) is 16.7. The molecule has 0 fully saturated rings. The summed E-state index contributed by atoms with van der Waals surface area (Å²) in [5.74, 6) is -0.115. The third kappa shape index (κ3) is 2.47. The van der Waals surface area contributed by atoms with E-state index in [-0.39, 0.29) is 5.91 Å². The zero-order valence-corrected chi connectivity index (χ0v) is 13.8. The molecule has 1 N–H and O–H groups in total. The molecule has 120 valence electrons. The molecule has 4 rings (SSSR count). The Hall–Kier alpha value is -2.66. The van der Waals surface area contributed by atoms with E-state index >= 15 is 0 Å². The van der Waals surface area contributed by atoms with E-state index in [4.69, 9.17) is 11.6 Å². The number of hydrogen-bond acceptors (Lipinski definition) is 3. The molecule has 0 saturated carbocycles. The second-order valence-corrected chi connectivity index (χ2v) is 6.57. The average Bonchev–Trinajstić information content (AvgIpc) is 3.03. The van der Waals surface area contributed by atoms with Crippen molar-refractivity contribution in [1.29, 1.82) is 0 Å². The topological polar surface area (TPSA) is 59.8 Å². The van der Waals surface area contributed by atoms with Gasteiger partial charge in [0.25, 0.3) is 5.91 Å². The Morgan fingerprint density at radius 3 is 2.92 bits per heavy atom. The fourth-order valence-electron chi connectivity index (χ4n) is 3.08. The van der Waals surface area contributed by atoms with Gasteiger partial charge in [-0.25, -0.2) is 0 Å². The Kier molecular flexibility index (Phi) is 3.39. The number of halogens is 1. The van der Waals surface area contributed by atoms with Crippen LogP contribution in [-0.4, -0.2) is 20.7 Å². The molecule has 3 heterocycles. The number of benzene rings is 1. The van der Waals surface area contributed by atoms with Crippen LogP contribution in [0.25, 0.3) is 11.1 Å². The molecule has 0 saturated heterocycles. The van der Waals surface area contributed by atoms with Crippen LogP contribution in [0.15, 0.2) is 55.0 Å². The highest BCUT2D eigenvalue weighted by atomic mass is 35.5. The number of nitrogens with zero attached hydrogens (tertiary/aromatic N) is 3. The molecule has 1 atom stereocenters. The predicted octanol–water partition coefficient (Wildman–Crippen LogP) is 3.26. The summed E-state index contributed by atoms with van der Waals surface area (Å²) in [7, 11) is 0. The molecule has 0 spiro atoms. The second-order valence-electron chi connectivity index (χ2n) is 6.13. The van der Waals surface area contributed by atoms with Gasteiger partial charge in [0.1, 0.15) is 5.69 Å². The number of fused-ring (bicyclic) bond motifs is 1. The lowest BCUT2D eigenvalue weighted by atomic mass is 9.88. The lowest BCUT2D eigenvalue weighted by Crippen LogP contribution is -2.51. The van der Waals surface area contributed by atoms with E-state index in [1.165, 1.54) is 0 Å². The molecular formula is C18H15ClN4O. The molecule has 2 aromatic heterocycles. The van der Waals surface area contributed by atoms with Gasteiger partial charge in [0.15, 0.2) is 0 Å². The van der Waals surface area contributed by atoms with Crippen molar-refractivity contribution in [3.05, 3.63) is 71.3 Å². The van der Waals surface area contributed by atoms with Crippen molar-refractivity contribution in [2.45, 2.75) is 19.0 Å². The summed E-state index contributed by atoms with van der Waals surface area (Å²) in [5, 5.41) is 7.94. The van der Waals surface area contributed by atoms with E-state index in [0.29, 0.717) is 17.3 Å². The number of pyridine rings is 1. The molecule has 1 unspecified atom stereocenters. The van der Waals surface area contributed by atoms with Gasteiger partial charge in [-0.3, -0.25) is 14.5 Å². The SMILES string of the molecule is CC1(c2cccc(-c3cncc(Cl)c3)c2)Cn2nccc2C(=O)N1. The Balaban J connectivity index is 1.75. The highest BCUT2D eigenvalue weighted by Gasteiger charge is 2.36. The van der Waals surface area contributed by atoms with Gasteiger partial charge >= 0.3 is 0 Å². The van der Waals surface area contributed by atoms with E-state index in [1.54, 1.807) is 29.3 Å². The fraction of sp³-hybridized carbons (Fsp3) is 0.167. The Bertz CT molecular complexity index is 936. The minimum atomic E-state index is -0.530. The highest BCUT2D eigenvalue weighted by molar-refractivity contribution is 6.30. The molecule has 1 aliphatic heterocycles. The van der Waals surface area contributed by atoms with Gasteiger partial charge in [-0.15, -0.1) is 0 Å². The van der Waals surface area contributed by atoms with Crippen LogP contribution in [0.5, 0.6) is 0 Å². The van der Waals surface area contributed by atoms with Crippen molar-refractivity contribution in [2.75, 3.05) is 0 Å². The van der Waals surface area contributed by atoms with Gasteiger partial charge in [0.05, 0.1) is 17.1 Å². The zero-order valence-electron chi connectivity index (χ0n) is 13.0. The van der Waals surface area contributed by atoms with Gasteiger partial charge in [-0.05, 0) is 36.2 Å². The summed E-state index contributed by atoms with van der Waals surface area (Å²) < 4.78 is 1.74. The first-order valence-corrected chi connectivity index (χ1v) is 7.99. The fourth-order valence-corrected chi connectivity index (χ4v) is 3.25. The lowest BCUT2D eigenvalue weighted by Gasteiger charge is -2.35. The van der Waals surface area contributed by atoms with Crippen LogP contribution < -0.4 is 5.32 Å². The Morgan fingerprint density at radius 2 is 2.08 bits per heavy atom. The predicted molar refractivity (Wildman–Crippen MR) is 91.7 cm³/mol. The number of rotatable bonds is 2. The number of carbonyl (C=O) groups excluding carboxylic acids is 1. The van der Waals surface area contributed by atoms with Crippen molar-refractivity contribution in [2.24, 2.45) is 0 Å². The number of hydrogen-bond donors (Lipinski definition) is 1. The molecule has 6 heteroatoms. The molecule has 5 nitrogen and oxygen atoms in total. The molecule has 1 aromatic carbocycles. The molecular weight excluding hydrogens is 324 g/mol. The quantitative estimate of drug-likeness (QED) is 0.780. The van der Waals surface area contributed by atoms with Crippen LogP contribution >= 0.6 is 11.6 Å². The summed E-state index contributed by atoms with van der Waals surface area (Å²) in [6, 6.07) is 11.6. The second kappa shape index (κ2) is 5.46. The van der Waals surface area contributed by atoms with Gasteiger partial charge in [-0.1, -0.05) is 29.8 Å². The number of aromatic nitrogens is 3. The Labute approximate surface area is 144 Å². The number of amides is 1. The van der Waals surface area contributed by atoms with Crippen molar-refractivity contribution < 1.29 is 4.79 Å². The highest BCUT2D eigenvalue weighted by Crippen LogP contribution is 2.31. The monoisotopic (exact) mass is 338 g/mol. The third-order valence-corrected chi connectivity index (χ3v) is 4.55. The van der Waals surface area contributed by atoms with Crippen LogP contribution in [-0.2, 0) is 12.1 Å². The van der Waals surface area contributed by atoms with Crippen LogP contribution in [0.2, 0.25) is 5.02 Å². The molecule has 24 heavy (non-hydrogen) atoms. The molecule has 1 aliphatic rings. The van der Waals surface area contributed by atoms with Crippen molar-refractivity contribution >= 4 is 17.5 Å².